The molecule has 2 amide bonds. The van der Waals surface area contributed by atoms with Gasteiger partial charge < -0.3 is 10.6 Å². The highest BCUT2D eigenvalue weighted by Gasteiger charge is 2.16. The second-order valence-electron chi connectivity index (χ2n) is 6.42. The van der Waals surface area contributed by atoms with Gasteiger partial charge >= 0.3 is 0 Å². The Labute approximate surface area is 176 Å². The predicted octanol–water partition coefficient (Wildman–Crippen LogP) is 4.38. The molecular weight excluding hydrogens is 413 g/mol. The van der Waals surface area contributed by atoms with Gasteiger partial charge in [-0.2, -0.15) is 0 Å². The van der Waals surface area contributed by atoms with Crippen LogP contribution in [0.3, 0.4) is 0 Å². The summed E-state index contributed by atoms with van der Waals surface area (Å²) >= 11 is 7.30. The van der Waals surface area contributed by atoms with E-state index < -0.39 is 11.7 Å². The van der Waals surface area contributed by atoms with Crippen LogP contribution in [0, 0.1) is 19.7 Å². The van der Waals surface area contributed by atoms with Gasteiger partial charge in [-0.25, -0.2) is 9.37 Å². The van der Waals surface area contributed by atoms with Crippen LogP contribution in [0.5, 0.6) is 0 Å². The number of aryl methyl sites for hydroxylation is 2. The van der Waals surface area contributed by atoms with E-state index in [2.05, 4.69) is 15.6 Å². The Morgan fingerprint density at radius 3 is 2.48 bits per heavy atom. The normalized spacial score (nSPS) is 10.6. The van der Waals surface area contributed by atoms with Crippen molar-refractivity contribution in [1.29, 1.82) is 0 Å². The number of carbonyl (C=O) groups excluding carboxylic acids is 2. The number of halogens is 2. The Kier molecular flexibility index (Phi) is 6.61. The van der Waals surface area contributed by atoms with Crippen molar-refractivity contribution in [3.63, 3.8) is 0 Å². The quantitative estimate of drug-likeness (QED) is 0.569. The van der Waals surface area contributed by atoms with Crippen molar-refractivity contribution in [1.82, 2.24) is 15.6 Å². The van der Waals surface area contributed by atoms with E-state index in [-0.39, 0.29) is 24.6 Å². The molecule has 3 aromatic rings. The minimum absolute atomic E-state index is 0.221. The largest absolute Gasteiger partial charge is 0.350 e. The van der Waals surface area contributed by atoms with Crippen molar-refractivity contribution in [2.75, 3.05) is 13.1 Å². The average Bonchev–Trinajstić information content (AvgIpc) is 3.09. The first-order valence-corrected chi connectivity index (χ1v) is 10.1. The molecule has 0 bridgehead atoms. The summed E-state index contributed by atoms with van der Waals surface area (Å²) in [6.07, 6.45) is 0. The molecule has 0 saturated carbocycles. The molecule has 0 aliphatic carbocycles. The molecule has 0 atom stereocenters. The van der Waals surface area contributed by atoms with E-state index in [0.717, 1.165) is 5.56 Å². The molecule has 29 heavy (non-hydrogen) atoms. The fourth-order valence-corrected chi connectivity index (χ4v) is 3.79. The molecule has 0 aliphatic heterocycles. The average molecular weight is 432 g/mol. The zero-order valence-electron chi connectivity index (χ0n) is 15.9. The fraction of sp³-hybridized carbons (Fsp3) is 0.190. The second kappa shape index (κ2) is 9.15. The summed E-state index contributed by atoms with van der Waals surface area (Å²) in [6, 6.07) is 11.6. The van der Waals surface area contributed by atoms with E-state index in [1.165, 1.54) is 17.4 Å². The Morgan fingerprint density at radius 1 is 1.07 bits per heavy atom. The van der Waals surface area contributed by atoms with Crippen LogP contribution in [-0.2, 0) is 0 Å². The number of amides is 2. The molecule has 0 fully saturated rings. The second-order valence-corrected chi connectivity index (χ2v) is 7.86. The number of hydrogen-bond donors (Lipinski definition) is 2. The van der Waals surface area contributed by atoms with Gasteiger partial charge in [0, 0.05) is 29.2 Å². The fourth-order valence-electron chi connectivity index (χ4n) is 2.62. The van der Waals surface area contributed by atoms with Gasteiger partial charge in [0.1, 0.15) is 15.7 Å². The number of carbonyl (C=O) groups is 2. The van der Waals surface area contributed by atoms with Gasteiger partial charge in [0.05, 0.1) is 5.69 Å². The first-order valence-electron chi connectivity index (χ1n) is 8.91. The SMILES string of the molecule is Cc1ccc(C(=O)NCCNC(=O)c2sc(-c3cccc(Cl)c3)nc2C)cc1F. The van der Waals surface area contributed by atoms with Crippen molar-refractivity contribution < 1.29 is 14.0 Å². The molecule has 2 N–H and O–H groups in total. The number of rotatable bonds is 6. The van der Waals surface area contributed by atoms with Crippen molar-refractivity contribution in [3.05, 3.63) is 75.0 Å². The smallest absolute Gasteiger partial charge is 0.263 e. The van der Waals surface area contributed by atoms with E-state index in [1.54, 1.807) is 38.1 Å². The van der Waals surface area contributed by atoms with Crippen molar-refractivity contribution in [3.8, 4) is 10.6 Å². The number of nitrogens with zero attached hydrogens (tertiary/aromatic N) is 1. The molecular formula is C21H19ClFN3O2S. The first kappa shape index (κ1) is 21.0. The summed E-state index contributed by atoms with van der Waals surface area (Å²) in [6.45, 7) is 3.86. The van der Waals surface area contributed by atoms with Crippen LogP contribution >= 0.6 is 22.9 Å². The number of thiazole rings is 1. The summed E-state index contributed by atoms with van der Waals surface area (Å²) in [4.78, 5) is 29.5. The minimum atomic E-state index is -0.429. The molecule has 8 heteroatoms. The summed E-state index contributed by atoms with van der Waals surface area (Å²) in [5, 5.41) is 6.73. The van der Waals surface area contributed by atoms with Gasteiger partial charge in [-0.05, 0) is 43.7 Å². The molecule has 2 aromatic carbocycles. The van der Waals surface area contributed by atoms with Crippen LogP contribution in [0.4, 0.5) is 4.39 Å². The molecule has 0 spiro atoms. The molecule has 150 valence electrons. The van der Waals surface area contributed by atoms with Crippen LogP contribution < -0.4 is 10.6 Å². The summed E-state index contributed by atoms with van der Waals surface area (Å²) in [5.74, 6) is -1.08. The van der Waals surface area contributed by atoms with Crippen molar-refractivity contribution in [2.24, 2.45) is 0 Å². The maximum Gasteiger partial charge on any atom is 0.263 e. The molecule has 1 heterocycles. The predicted molar refractivity (Wildman–Crippen MR) is 113 cm³/mol. The van der Waals surface area contributed by atoms with Gasteiger partial charge in [0.25, 0.3) is 11.8 Å². The lowest BCUT2D eigenvalue weighted by Crippen LogP contribution is -2.34. The van der Waals surface area contributed by atoms with E-state index in [1.807, 2.05) is 12.1 Å². The Hall–Kier alpha value is -2.77. The highest BCUT2D eigenvalue weighted by Crippen LogP contribution is 2.29. The number of benzene rings is 2. The van der Waals surface area contributed by atoms with Gasteiger partial charge in [0.2, 0.25) is 0 Å². The third-order valence-electron chi connectivity index (χ3n) is 4.20. The molecule has 3 rings (SSSR count). The van der Waals surface area contributed by atoms with Crippen LogP contribution in [0.1, 0.15) is 31.3 Å². The van der Waals surface area contributed by atoms with Crippen LogP contribution in [0.2, 0.25) is 5.02 Å². The highest BCUT2D eigenvalue weighted by molar-refractivity contribution is 7.17. The van der Waals surface area contributed by atoms with Gasteiger partial charge in [-0.15, -0.1) is 11.3 Å². The van der Waals surface area contributed by atoms with Gasteiger partial charge in [-0.1, -0.05) is 29.8 Å². The Bertz CT molecular complexity index is 1070. The Morgan fingerprint density at radius 2 is 1.79 bits per heavy atom. The minimum Gasteiger partial charge on any atom is -0.350 e. The third kappa shape index (κ3) is 5.19. The van der Waals surface area contributed by atoms with E-state index in [4.69, 9.17) is 11.6 Å². The third-order valence-corrected chi connectivity index (χ3v) is 5.64. The van der Waals surface area contributed by atoms with E-state index in [0.29, 0.717) is 26.2 Å². The van der Waals surface area contributed by atoms with Crippen molar-refractivity contribution in [2.45, 2.75) is 13.8 Å². The molecule has 0 unspecified atom stereocenters. The standard InChI is InChI=1S/C21H19ClFN3O2S/c1-12-6-7-14(11-17(12)23)19(27)24-8-9-25-20(28)18-13(2)26-21(29-18)15-4-3-5-16(22)10-15/h3-7,10-11H,8-9H2,1-2H3,(H,24,27)(H,25,28). The van der Waals surface area contributed by atoms with E-state index >= 15 is 0 Å². The summed E-state index contributed by atoms with van der Waals surface area (Å²) in [7, 11) is 0. The monoisotopic (exact) mass is 431 g/mol. The summed E-state index contributed by atoms with van der Waals surface area (Å²) in [5.41, 5.74) is 2.19. The lowest BCUT2D eigenvalue weighted by atomic mass is 10.1. The molecule has 5 nitrogen and oxygen atoms in total. The van der Waals surface area contributed by atoms with Crippen LogP contribution in [-0.4, -0.2) is 29.9 Å². The lowest BCUT2D eigenvalue weighted by molar-refractivity contribution is 0.0929. The summed E-state index contributed by atoms with van der Waals surface area (Å²) < 4.78 is 13.6. The molecule has 0 saturated heterocycles. The molecule has 0 radical (unpaired) electrons. The maximum absolute atomic E-state index is 13.6. The van der Waals surface area contributed by atoms with Gasteiger partial charge in [-0.3, -0.25) is 9.59 Å². The highest BCUT2D eigenvalue weighted by atomic mass is 35.5. The van der Waals surface area contributed by atoms with Crippen molar-refractivity contribution >= 4 is 34.8 Å². The van der Waals surface area contributed by atoms with Crippen LogP contribution in [0.15, 0.2) is 42.5 Å². The zero-order chi connectivity index (χ0) is 21.0. The van der Waals surface area contributed by atoms with Gasteiger partial charge in [0.15, 0.2) is 0 Å². The maximum atomic E-state index is 13.6. The molecule has 0 aliphatic rings. The topological polar surface area (TPSA) is 71.1 Å². The zero-order valence-corrected chi connectivity index (χ0v) is 17.5. The van der Waals surface area contributed by atoms with Crippen LogP contribution in [0.25, 0.3) is 10.6 Å². The lowest BCUT2D eigenvalue weighted by Gasteiger charge is -2.07. The Balaban J connectivity index is 1.54. The first-order chi connectivity index (χ1) is 13.8. The number of hydrogen-bond acceptors (Lipinski definition) is 4. The molecule has 1 aromatic heterocycles. The number of nitrogens with one attached hydrogen (secondary N) is 2. The van der Waals surface area contributed by atoms with E-state index in [9.17, 15) is 14.0 Å². The number of aromatic nitrogens is 1.